The highest BCUT2D eigenvalue weighted by Crippen LogP contribution is 2.46. The number of rotatable bonds is 2. The van der Waals surface area contributed by atoms with Crippen LogP contribution in [0, 0.1) is 0 Å². The summed E-state index contributed by atoms with van der Waals surface area (Å²) >= 11 is 16.4. The Morgan fingerprint density at radius 2 is 1.55 bits per heavy atom. The molecular weight excluding hydrogens is 233 g/mol. The molecular formula is C4H8Cl3O3P. The van der Waals surface area contributed by atoms with Gasteiger partial charge in [0, 0.05) is 0 Å². The zero-order chi connectivity index (χ0) is 9.28. The van der Waals surface area contributed by atoms with Gasteiger partial charge in [-0.3, -0.25) is 0 Å². The summed E-state index contributed by atoms with van der Waals surface area (Å²) in [6.07, 6.45) is 0. The smallest absolute Gasteiger partial charge is 0.327 e. The van der Waals surface area contributed by atoms with Crippen molar-refractivity contribution in [3.63, 3.8) is 0 Å². The molecule has 0 spiro atoms. The van der Waals surface area contributed by atoms with Crippen molar-refractivity contribution in [1.29, 1.82) is 0 Å². The maximum Gasteiger partial charge on any atom is 0.327 e. The zero-order valence-electron chi connectivity index (χ0n) is 5.88. The molecule has 3 nitrogen and oxygen atoms in total. The third-order valence-corrected chi connectivity index (χ3v) is 2.98. The molecule has 0 aliphatic rings. The fourth-order valence-corrected chi connectivity index (χ4v) is 1.08. The van der Waals surface area contributed by atoms with Gasteiger partial charge in [0.15, 0.2) is 0 Å². The maximum absolute atomic E-state index is 8.47. The molecule has 0 amide bonds. The van der Waals surface area contributed by atoms with Crippen molar-refractivity contribution in [3.05, 3.63) is 0 Å². The molecule has 0 heterocycles. The van der Waals surface area contributed by atoms with Crippen LogP contribution in [0.4, 0.5) is 0 Å². The van der Waals surface area contributed by atoms with Crippen molar-refractivity contribution < 1.29 is 14.3 Å². The predicted octanol–water partition coefficient (Wildman–Crippen LogP) is 2.36. The molecule has 0 aromatic heterocycles. The Bertz CT molecular complexity index is 133. The maximum atomic E-state index is 8.47. The molecule has 0 aliphatic heterocycles. The van der Waals surface area contributed by atoms with Crippen molar-refractivity contribution in [2.45, 2.75) is 23.2 Å². The molecule has 0 rings (SSSR count). The fraction of sp³-hybridized carbons (Fsp3) is 1.00. The molecule has 0 aromatic rings. The average molecular weight is 241 g/mol. The quantitative estimate of drug-likeness (QED) is 0.576. The summed E-state index contributed by atoms with van der Waals surface area (Å²) < 4.78 is 2.90. The first-order chi connectivity index (χ1) is 4.67. The van der Waals surface area contributed by atoms with E-state index in [9.17, 15) is 0 Å². The van der Waals surface area contributed by atoms with Crippen LogP contribution in [0.25, 0.3) is 0 Å². The fourth-order valence-electron chi connectivity index (χ4n) is 0.256. The van der Waals surface area contributed by atoms with Crippen molar-refractivity contribution >= 4 is 43.4 Å². The molecule has 0 fully saturated rings. The molecule has 11 heavy (non-hydrogen) atoms. The van der Waals surface area contributed by atoms with E-state index in [-0.39, 0.29) is 0 Å². The summed E-state index contributed by atoms with van der Waals surface area (Å²) in [5, 5.41) is 0. The van der Waals surface area contributed by atoms with E-state index >= 15 is 0 Å². The summed E-state index contributed by atoms with van der Waals surface area (Å²) in [5.41, 5.74) is -1.22. The summed E-state index contributed by atoms with van der Waals surface area (Å²) in [6, 6.07) is 0. The van der Waals surface area contributed by atoms with Gasteiger partial charge in [-0.15, -0.1) is 0 Å². The molecule has 0 atom stereocenters. The molecule has 7 heteroatoms. The van der Waals surface area contributed by atoms with Gasteiger partial charge >= 0.3 is 8.60 Å². The van der Waals surface area contributed by atoms with E-state index in [4.69, 9.17) is 44.6 Å². The lowest BCUT2D eigenvalue weighted by molar-refractivity contribution is 0.0943. The molecule has 0 aliphatic carbocycles. The molecule has 0 unspecified atom stereocenters. The van der Waals surface area contributed by atoms with Gasteiger partial charge in [-0.25, -0.2) is 0 Å². The third kappa shape index (κ3) is 4.09. The highest BCUT2D eigenvalue weighted by Gasteiger charge is 2.43. The number of hydrogen-bond acceptors (Lipinski definition) is 3. The van der Waals surface area contributed by atoms with Crippen LogP contribution in [0.2, 0.25) is 0 Å². The number of hydrogen-bond donors (Lipinski definition) is 2. The lowest BCUT2D eigenvalue weighted by Crippen LogP contribution is -2.37. The van der Waals surface area contributed by atoms with Crippen LogP contribution in [-0.4, -0.2) is 19.2 Å². The van der Waals surface area contributed by atoms with Crippen LogP contribution < -0.4 is 0 Å². The van der Waals surface area contributed by atoms with E-state index in [2.05, 4.69) is 4.52 Å². The molecule has 68 valence electrons. The SMILES string of the molecule is CC(C)(OP(O)O)C(Cl)(Cl)Cl. The van der Waals surface area contributed by atoms with E-state index in [1.165, 1.54) is 13.8 Å². The number of alkyl halides is 3. The minimum Gasteiger partial charge on any atom is -0.328 e. The summed E-state index contributed by atoms with van der Waals surface area (Å²) in [6.45, 7) is 2.89. The van der Waals surface area contributed by atoms with Gasteiger partial charge in [0.25, 0.3) is 0 Å². The van der Waals surface area contributed by atoms with Crippen LogP contribution in [-0.2, 0) is 4.52 Å². The Labute approximate surface area is 81.2 Å². The molecule has 0 saturated heterocycles. The van der Waals surface area contributed by atoms with Crippen molar-refractivity contribution in [2.75, 3.05) is 0 Å². The van der Waals surface area contributed by atoms with Crippen LogP contribution in [0.5, 0.6) is 0 Å². The highest BCUT2D eigenvalue weighted by atomic mass is 35.6. The summed E-state index contributed by atoms with van der Waals surface area (Å²) in [5.74, 6) is 0. The minimum absolute atomic E-state index is 1.22. The van der Waals surface area contributed by atoms with E-state index in [0.717, 1.165) is 0 Å². The monoisotopic (exact) mass is 240 g/mol. The molecule has 0 aromatic carbocycles. The lowest BCUT2D eigenvalue weighted by atomic mass is 10.2. The van der Waals surface area contributed by atoms with Crippen molar-refractivity contribution in [2.24, 2.45) is 0 Å². The van der Waals surface area contributed by atoms with Gasteiger partial charge < -0.3 is 14.3 Å². The second-order valence-corrected chi connectivity index (χ2v) is 5.32. The van der Waals surface area contributed by atoms with Gasteiger partial charge in [0.05, 0.1) is 0 Å². The van der Waals surface area contributed by atoms with Crippen LogP contribution in [0.3, 0.4) is 0 Å². The van der Waals surface area contributed by atoms with Crippen molar-refractivity contribution in [3.8, 4) is 0 Å². The van der Waals surface area contributed by atoms with Gasteiger partial charge in [0.1, 0.15) is 5.60 Å². The Hall–Kier alpha value is 1.18. The van der Waals surface area contributed by atoms with E-state index in [1.54, 1.807) is 0 Å². The normalized spacial score (nSPS) is 14.2. The molecule has 2 N–H and O–H groups in total. The van der Waals surface area contributed by atoms with Crippen LogP contribution in [0.1, 0.15) is 13.8 Å². The van der Waals surface area contributed by atoms with E-state index < -0.39 is 18.0 Å². The molecule has 0 saturated carbocycles. The first-order valence-electron chi connectivity index (χ1n) is 2.60. The summed E-state index contributed by atoms with van der Waals surface area (Å²) in [7, 11) is -2.51. The first kappa shape index (κ1) is 12.2. The zero-order valence-corrected chi connectivity index (χ0v) is 9.05. The Morgan fingerprint density at radius 3 is 1.64 bits per heavy atom. The average Bonchev–Trinajstić information content (AvgIpc) is 1.56. The van der Waals surface area contributed by atoms with E-state index in [0.29, 0.717) is 0 Å². The van der Waals surface area contributed by atoms with Crippen LogP contribution >= 0.6 is 43.4 Å². The predicted molar refractivity (Wildman–Crippen MR) is 46.8 cm³/mol. The van der Waals surface area contributed by atoms with Gasteiger partial charge in [-0.2, -0.15) is 0 Å². The van der Waals surface area contributed by atoms with Crippen LogP contribution in [0.15, 0.2) is 0 Å². The highest BCUT2D eigenvalue weighted by molar-refractivity contribution is 7.39. The third-order valence-electron chi connectivity index (χ3n) is 0.993. The van der Waals surface area contributed by atoms with Crippen molar-refractivity contribution in [1.82, 2.24) is 0 Å². The number of halogens is 3. The topological polar surface area (TPSA) is 49.7 Å². The molecule has 0 bridgehead atoms. The second-order valence-electron chi connectivity index (χ2n) is 2.35. The van der Waals surface area contributed by atoms with Gasteiger partial charge in [0.2, 0.25) is 3.79 Å². The Morgan fingerprint density at radius 1 is 1.18 bits per heavy atom. The lowest BCUT2D eigenvalue weighted by Gasteiger charge is -2.31. The standard InChI is InChI=1S/C4H8Cl3O3P/c1-3(2,4(5,6)7)10-11(8)9/h8-9H,1-2H3. The Kier molecular flexibility index (Phi) is 4.35. The molecule has 0 radical (unpaired) electrons. The largest absolute Gasteiger partial charge is 0.328 e. The van der Waals surface area contributed by atoms with Gasteiger partial charge in [-0.1, -0.05) is 34.8 Å². The Balaban J connectivity index is 4.22. The van der Waals surface area contributed by atoms with Gasteiger partial charge in [-0.05, 0) is 13.8 Å². The summed E-state index contributed by atoms with van der Waals surface area (Å²) in [4.78, 5) is 16.9. The second kappa shape index (κ2) is 3.93. The first-order valence-corrected chi connectivity index (χ1v) is 4.90. The van der Waals surface area contributed by atoms with E-state index in [1.807, 2.05) is 0 Å². The minimum atomic E-state index is -2.51.